The number of hydrogen-bond donors (Lipinski definition) is 0. The highest BCUT2D eigenvalue weighted by Crippen LogP contribution is 2.39. The lowest BCUT2D eigenvalue weighted by Gasteiger charge is -2.43. The molecule has 0 aliphatic carbocycles. The second-order valence-corrected chi connectivity index (χ2v) is 15.5. The summed E-state index contributed by atoms with van der Waals surface area (Å²) >= 11 is 0. The highest BCUT2D eigenvalue weighted by molar-refractivity contribution is 5.40. The van der Waals surface area contributed by atoms with Crippen LogP contribution in [0.2, 0.25) is 0 Å². The molecule has 0 aliphatic heterocycles. The van der Waals surface area contributed by atoms with Gasteiger partial charge in [0.2, 0.25) is 0 Å². The monoisotopic (exact) mass is 734 g/mol. The number of hydrogen-bond acceptors (Lipinski definition) is 5. The molecule has 6 aromatic carbocycles. The van der Waals surface area contributed by atoms with Crippen molar-refractivity contribution in [3.63, 3.8) is 0 Å². The average molecular weight is 735 g/mol. The Bertz CT molecular complexity index is 1960. The molecular weight excluding hydrogens is 681 g/mol. The molecular formula is C50H54O5. The highest BCUT2D eigenvalue weighted by atomic mass is 16.5. The van der Waals surface area contributed by atoms with Crippen LogP contribution in [0, 0.1) is 13.8 Å². The molecule has 0 aliphatic rings. The van der Waals surface area contributed by atoms with Crippen molar-refractivity contribution < 1.29 is 23.7 Å². The van der Waals surface area contributed by atoms with Gasteiger partial charge in [-0.3, -0.25) is 0 Å². The molecule has 0 radical (unpaired) electrons. The van der Waals surface area contributed by atoms with E-state index < -0.39 is 0 Å². The van der Waals surface area contributed by atoms with Crippen molar-refractivity contribution in [1.82, 2.24) is 0 Å². The summed E-state index contributed by atoms with van der Waals surface area (Å²) in [5.41, 5.74) is 6.51. The van der Waals surface area contributed by atoms with Gasteiger partial charge >= 0.3 is 0 Å². The Hall–Kier alpha value is -5.52. The van der Waals surface area contributed by atoms with Crippen LogP contribution in [-0.2, 0) is 28.4 Å². The molecule has 0 fully saturated rings. The number of aryl methyl sites for hydroxylation is 2. The highest BCUT2D eigenvalue weighted by Gasteiger charge is 2.40. The first-order chi connectivity index (χ1) is 26.4. The Morgan fingerprint density at radius 2 is 0.764 bits per heavy atom. The SMILES string of the molecule is COc1ccc(Oc2cccc(CC(OC(Cc3cccc(Oc4ccc(OC)cc4)c3)C(C)(C)c3ccc(C)cc3)C(C)(C)c3ccc(C)cc3)c2)cc1. The third-order valence-corrected chi connectivity index (χ3v) is 10.8. The molecule has 55 heavy (non-hydrogen) atoms. The van der Waals surface area contributed by atoms with Crippen LogP contribution in [0.1, 0.15) is 61.1 Å². The van der Waals surface area contributed by atoms with Gasteiger partial charge in [0.15, 0.2) is 0 Å². The number of methoxy groups -OCH3 is 2. The van der Waals surface area contributed by atoms with Crippen LogP contribution in [0.15, 0.2) is 146 Å². The zero-order valence-electron chi connectivity index (χ0n) is 33.5. The molecule has 0 bridgehead atoms. The minimum absolute atomic E-state index is 0.195. The van der Waals surface area contributed by atoms with Gasteiger partial charge in [-0.05, 0) is 122 Å². The molecule has 5 nitrogen and oxygen atoms in total. The predicted octanol–water partition coefficient (Wildman–Crippen LogP) is 12.4. The van der Waals surface area contributed by atoms with E-state index in [1.807, 2.05) is 60.7 Å². The number of benzene rings is 6. The Morgan fingerprint density at radius 1 is 0.418 bits per heavy atom. The molecule has 0 saturated heterocycles. The Labute approximate surface area is 327 Å². The van der Waals surface area contributed by atoms with Crippen LogP contribution >= 0.6 is 0 Å². The summed E-state index contributed by atoms with van der Waals surface area (Å²) < 4.78 is 30.9. The average Bonchev–Trinajstić information content (AvgIpc) is 3.18. The van der Waals surface area contributed by atoms with E-state index in [1.165, 1.54) is 22.3 Å². The van der Waals surface area contributed by atoms with Gasteiger partial charge < -0.3 is 23.7 Å². The molecule has 284 valence electrons. The fraction of sp³-hybridized carbons (Fsp3) is 0.280. The summed E-state index contributed by atoms with van der Waals surface area (Å²) in [4.78, 5) is 0. The van der Waals surface area contributed by atoms with Crippen LogP contribution in [0.5, 0.6) is 34.5 Å². The molecule has 0 heterocycles. The lowest BCUT2D eigenvalue weighted by Crippen LogP contribution is -2.46. The van der Waals surface area contributed by atoms with E-state index >= 15 is 0 Å². The van der Waals surface area contributed by atoms with Crippen molar-refractivity contribution in [3.05, 3.63) is 179 Å². The van der Waals surface area contributed by atoms with E-state index in [0.29, 0.717) is 12.8 Å². The van der Waals surface area contributed by atoms with Crippen molar-refractivity contribution in [1.29, 1.82) is 0 Å². The topological polar surface area (TPSA) is 46.2 Å². The zero-order valence-corrected chi connectivity index (χ0v) is 33.5. The quantitative estimate of drug-likeness (QED) is 0.0991. The zero-order chi connectivity index (χ0) is 39.0. The van der Waals surface area contributed by atoms with Crippen molar-refractivity contribution in [2.24, 2.45) is 0 Å². The summed E-state index contributed by atoms with van der Waals surface area (Å²) in [5.74, 6) is 4.64. The molecule has 0 spiro atoms. The second kappa shape index (κ2) is 17.3. The van der Waals surface area contributed by atoms with Crippen LogP contribution < -0.4 is 18.9 Å². The van der Waals surface area contributed by atoms with Gasteiger partial charge in [0.05, 0.1) is 26.4 Å². The van der Waals surface area contributed by atoms with Gasteiger partial charge in [0.1, 0.15) is 34.5 Å². The molecule has 0 N–H and O–H groups in total. The third-order valence-electron chi connectivity index (χ3n) is 10.8. The molecule has 5 heteroatoms. The van der Waals surface area contributed by atoms with E-state index in [4.69, 9.17) is 23.7 Å². The standard InChI is InChI=1S/C50H54O5/c1-35-15-19-39(20-16-35)49(3,4)47(33-37-11-9-13-45(31-37)53-43-27-23-41(51-7)24-28-43)55-48(50(5,6)40-21-17-36(2)18-22-40)34-38-12-10-14-46(32-38)54-44-29-25-42(52-8)26-30-44/h9-32,47-48H,33-34H2,1-8H3. The Kier molecular flexibility index (Phi) is 12.3. The van der Waals surface area contributed by atoms with Crippen LogP contribution in [0.3, 0.4) is 0 Å². The lowest BCUT2D eigenvalue weighted by atomic mass is 9.74. The maximum atomic E-state index is 7.62. The van der Waals surface area contributed by atoms with Gasteiger partial charge in [-0.2, -0.15) is 0 Å². The van der Waals surface area contributed by atoms with Gasteiger partial charge in [0, 0.05) is 10.8 Å². The Morgan fingerprint density at radius 3 is 1.11 bits per heavy atom. The van der Waals surface area contributed by atoms with E-state index in [0.717, 1.165) is 45.6 Å². The minimum atomic E-state index is -0.346. The van der Waals surface area contributed by atoms with Crippen molar-refractivity contribution in [2.45, 2.75) is 77.4 Å². The van der Waals surface area contributed by atoms with Crippen molar-refractivity contribution in [2.75, 3.05) is 14.2 Å². The van der Waals surface area contributed by atoms with Crippen molar-refractivity contribution in [3.8, 4) is 34.5 Å². The van der Waals surface area contributed by atoms with Gasteiger partial charge in [-0.25, -0.2) is 0 Å². The van der Waals surface area contributed by atoms with E-state index in [-0.39, 0.29) is 23.0 Å². The normalized spacial score (nSPS) is 12.8. The fourth-order valence-electron chi connectivity index (χ4n) is 6.94. The maximum absolute atomic E-state index is 7.62. The van der Waals surface area contributed by atoms with E-state index in [2.05, 4.69) is 126 Å². The first-order valence-corrected chi connectivity index (χ1v) is 19.0. The van der Waals surface area contributed by atoms with Crippen LogP contribution in [0.4, 0.5) is 0 Å². The largest absolute Gasteiger partial charge is 0.497 e. The van der Waals surface area contributed by atoms with E-state index in [9.17, 15) is 0 Å². The molecule has 6 rings (SSSR count). The van der Waals surface area contributed by atoms with Gasteiger partial charge in [-0.1, -0.05) is 112 Å². The van der Waals surface area contributed by atoms with Gasteiger partial charge in [0.25, 0.3) is 0 Å². The second-order valence-electron chi connectivity index (χ2n) is 15.5. The molecule has 0 aromatic heterocycles. The fourth-order valence-corrected chi connectivity index (χ4v) is 6.94. The summed E-state index contributed by atoms with van der Waals surface area (Å²) in [6.45, 7) is 13.5. The molecule has 2 atom stereocenters. The third kappa shape index (κ3) is 9.97. The Balaban J connectivity index is 1.35. The summed E-state index contributed by atoms with van der Waals surface area (Å²) in [6, 6.07) is 49.8. The first kappa shape index (κ1) is 39.2. The lowest BCUT2D eigenvalue weighted by molar-refractivity contribution is -0.0753. The molecule has 0 amide bonds. The summed E-state index contributed by atoms with van der Waals surface area (Å²) in [6.07, 6.45) is 0.976. The number of ether oxygens (including phenoxy) is 5. The van der Waals surface area contributed by atoms with Crippen LogP contribution in [0.25, 0.3) is 0 Å². The minimum Gasteiger partial charge on any atom is -0.497 e. The molecule has 6 aromatic rings. The van der Waals surface area contributed by atoms with Crippen molar-refractivity contribution >= 4 is 0 Å². The molecule has 0 saturated carbocycles. The maximum Gasteiger partial charge on any atom is 0.127 e. The van der Waals surface area contributed by atoms with Crippen LogP contribution in [-0.4, -0.2) is 26.4 Å². The smallest absolute Gasteiger partial charge is 0.127 e. The van der Waals surface area contributed by atoms with E-state index in [1.54, 1.807) is 14.2 Å². The van der Waals surface area contributed by atoms with Gasteiger partial charge in [-0.15, -0.1) is 0 Å². The number of rotatable bonds is 16. The first-order valence-electron chi connectivity index (χ1n) is 19.0. The summed E-state index contributed by atoms with van der Waals surface area (Å²) in [5, 5.41) is 0. The summed E-state index contributed by atoms with van der Waals surface area (Å²) in [7, 11) is 3.33. The predicted molar refractivity (Wildman–Crippen MR) is 223 cm³/mol. The molecule has 2 unspecified atom stereocenters.